The molecule has 0 spiro atoms. The molecule has 7 aromatic rings. The number of fused-ring (bicyclic) bond motifs is 9. The molecule has 0 fully saturated rings. The molecule has 7 rings (SSSR count). The van der Waals surface area contributed by atoms with E-state index in [2.05, 4.69) is 78.1 Å². The van der Waals surface area contributed by atoms with E-state index in [1.165, 1.54) is 63.8 Å². The van der Waals surface area contributed by atoms with E-state index in [0.29, 0.717) is 0 Å². The van der Waals surface area contributed by atoms with Crippen LogP contribution in [-0.2, 0) is 0 Å². The Kier molecular flexibility index (Phi) is 2.79. The highest BCUT2D eigenvalue weighted by Gasteiger charge is 2.21. The molecule has 4 aromatic carbocycles. The first-order valence-corrected chi connectivity index (χ1v) is 10.6. The highest BCUT2D eigenvalue weighted by molar-refractivity contribution is 7.25. The number of benzene rings is 4. The summed E-state index contributed by atoms with van der Waals surface area (Å²) >= 11 is 1.86. The van der Waals surface area contributed by atoms with Crippen LogP contribution in [0.4, 0.5) is 0 Å². The number of hydrogen-bond acceptors (Lipinski definition) is 2. The second-order valence-electron chi connectivity index (χ2n) is 7.90. The molecule has 0 amide bonds. The molecule has 0 aliphatic carbocycles. The van der Waals surface area contributed by atoms with Gasteiger partial charge < -0.3 is 4.74 Å². The van der Waals surface area contributed by atoms with Gasteiger partial charge in [-0.1, -0.05) is 42.0 Å². The third kappa shape index (κ3) is 1.86. The molecule has 2 nitrogen and oxygen atoms in total. The van der Waals surface area contributed by atoms with Crippen molar-refractivity contribution >= 4 is 69.6 Å². The predicted octanol–water partition coefficient (Wildman–Crippen LogP) is 7.52. The van der Waals surface area contributed by atoms with Gasteiger partial charge in [0.2, 0.25) is 0 Å². The van der Waals surface area contributed by atoms with Crippen molar-refractivity contribution in [2.75, 3.05) is 7.11 Å². The van der Waals surface area contributed by atoms with Crippen molar-refractivity contribution in [3.05, 3.63) is 72.3 Å². The molecule has 0 saturated heterocycles. The van der Waals surface area contributed by atoms with Gasteiger partial charge >= 0.3 is 0 Å². The Bertz CT molecular complexity index is 1750. The molecular weight excluding hydrogens is 374 g/mol. The van der Waals surface area contributed by atoms with E-state index < -0.39 is 0 Å². The summed E-state index contributed by atoms with van der Waals surface area (Å²) in [4.78, 5) is 1.32. The van der Waals surface area contributed by atoms with Gasteiger partial charge in [-0.2, -0.15) is 0 Å². The van der Waals surface area contributed by atoms with Crippen LogP contribution in [0.2, 0.25) is 0 Å². The van der Waals surface area contributed by atoms with Gasteiger partial charge in [0.05, 0.1) is 18.1 Å². The maximum Gasteiger partial charge on any atom is 0.120 e. The van der Waals surface area contributed by atoms with Crippen molar-refractivity contribution in [1.29, 1.82) is 0 Å². The minimum Gasteiger partial charge on any atom is -0.497 e. The first kappa shape index (κ1) is 15.6. The van der Waals surface area contributed by atoms with Crippen molar-refractivity contribution in [3.8, 4) is 5.75 Å². The quantitative estimate of drug-likeness (QED) is 0.282. The van der Waals surface area contributed by atoms with Crippen LogP contribution in [0.3, 0.4) is 0 Å². The number of para-hydroxylation sites is 1. The SMILES string of the molecule is COc1ccc2c(c1)sc1c2c2cccc3c4cc5ccc(C)cc5cc4n1c32. The van der Waals surface area contributed by atoms with E-state index in [4.69, 9.17) is 4.74 Å². The lowest BCUT2D eigenvalue weighted by Crippen LogP contribution is -1.80. The number of hydrogen-bond donors (Lipinski definition) is 0. The highest BCUT2D eigenvalue weighted by atomic mass is 32.1. The zero-order valence-corrected chi connectivity index (χ0v) is 16.9. The largest absolute Gasteiger partial charge is 0.497 e. The van der Waals surface area contributed by atoms with E-state index in [1.54, 1.807) is 7.11 Å². The lowest BCUT2D eigenvalue weighted by molar-refractivity contribution is 0.415. The fraction of sp³-hybridized carbons (Fsp3) is 0.0769. The number of nitrogens with zero attached hydrogens (tertiary/aromatic N) is 1. The number of methoxy groups -OCH3 is 1. The predicted molar refractivity (Wildman–Crippen MR) is 125 cm³/mol. The van der Waals surface area contributed by atoms with E-state index in [-0.39, 0.29) is 0 Å². The van der Waals surface area contributed by atoms with Crippen LogP contribution in [0, 0.1) is 6.92 Å². The number of aryl methyl sites for hydroxylation is 1. The summed E-state index contributed by atoms with van der Waals surface area (Å²) in [5, 5.41) is 9.28. The topological polar surface area (TPSA) is 13.6 Å². The zero-order valence-electron chi connectivity index (χ0n) is 16.1. The number of thiophene rings is 1. The first-order chi connectivity index (χ1) is 14.2. The molecule has 3 aromatic heterocycles. The Morgan fingerprint density at radius 2 is 1.69 bits per heavy atom. The molecule has 3 heteroatoms. The average molecular weight is 391 g/mol. The van der Waals surface area contributed by atoms with Crippen molar-refractivity contribution in [2.24, 2.45) is 0 Å². The Labute approximate surface area is 170 Å². The number of ether oxygens (including phenoxy) is 1. The van der Waals surface area contributed by atoms with Gasteiger partial charge in [0.15, 0.2) is 0 Å². The van der Waals surface area contributed by atoms with Crippen LogP contribution in [0.1, 0.15) is 5.56 Å². The second kappa shape index (κ2) is 5.19. The van der Waals surface area contributed by atoms with E-state index in [1.807, 2.05) is 11.3 Å². The maximum absolute atomic E-state index is 5.46. The van der Waals surface area contributed by atoms with Crippen molar-refractivity contribution in [2.45, 2.75) is 6.92 Å². The van der Waals surface area contributed by atoms with Gasteiger partial charge in [-0.05, 0) is 48.0 Å². The molecule has 0 N–H and O–H groups in total. The summed E-state index contributed by atoms with van der Waals surface area (Å²) in [5.41, 5.74) is 3.93. The minimum atomic E-state index is 0.912. The molecule has 0 saturated carbocycles. The third-order valence-electron chi connectivity index (χ3n) is 6.25. The lowest BCUT2D eigenvalue weighted by atomic mass is 10.0. The molecule has 0 bridgehead atoms. The molecule has 0 unspecified atom stereocenters. The van der Waals surface area contributed by atoms with Crippen LogP contribution >= 0.6 is 11.3 Å². The van der Waals surface area contributed by atoms with Gasteiger partial charge in [0, 0.05) is 31.6 Å². The summed E-state index contributed by atoms with van der Waals surface area (Å²) in [7, 11) is 1.73. The molecule has 138 valence electrons. The van der Waals surface area contributed by atoms with Crippen molar-refractivity contribution in [3.63, 3.8) is 0 Å². The summed E-state index contributed by atoms with van der Waals surface area (Å²) in [6.07, 6.45) is 0. The Hall–Kier alpha value is -3.30. The fourth-order valence-electron chi connectivity index (χ4n) is 4.95. The molecule has 0 atom stereocenters. The number of aromatic nitrogens is 1. The van der Waals surface area contributed by atoms with E-state index >= 15 is 0 Å². The molecular formula is C26H17NOS. The van der Waals surface area contributed by atoms with Gasteiger partial charge in [-0.3, -0.25) is 4.40 Å². The molecule has 29 heavy (non-hydrogen) atoms. The summed E-state index contributed by atoms with van der Waals surface area (Å²) in [6.45, 7) is 2.16. The van der Waals surface area contributed by atoms with Gasteiger partial charge in [0.25, 0.3) is 0 Å². The lowest BCUT2D eigenvalue weighted by Gasteiger charge is -2.02. The zero-order chi connectivity index (χ0) is 19.3. The number of rotatable bonds is 1. The second-order valence-corrected chi connectivity index (χ2v) is 8.93. The van der Waals surface area contributed by atoms with Crippen LogP contribution in [-0.4, -0.2) is 11.5 Å². The third-order valence-corrected chi connectivity index (χ3v) is 7.39. The van der Waals surface area contributed by atoms with Crippen molar-refractivity contribution in [1.82, 2.24) is 4.40 Å². The van der Waals surface area contributed by atoms with Crippen LogP contribution < -0.4 is 4.74 Å². The Morgan fingerprint density at radius 1 is 0.793 bits per heavy atom. The smallest absolute Gasteiger partial charge is 0.120 e. The monoisotopic (exact) mass is 391 g/mol. The summed E-state index contributed by atoms with van der Waals surface area (Å²) in [5.74, 6) is 0.912. The summed E-state index contributed by atoms with van der Waals surface area (Å²) in [6, 6.07) is 24.6. The molecule has 0 aliphatic heterocycles. The van der Waals surface area contributed by atoms with Gasteiger partial charge in [-0.15, -0.1) is 11.3 Å². The first-order valence-electron chi connectivity index (χ1n) is 9.82. The Balaban J connectivity index is 1.77. The van der Waals surface area contributed by atoms with E-state index in [9.17, 15) is 0 Å². The minimum absolute atomic E-state index is 0.912. The average Bonchev–Trinajstić information content (AvgIpc) is 3.36. The van der Waals surface area contributed by atoms with E-state index in [0.717, 1.165) is 5.75 Å². The maximum atomic E-state index is 5.46. The highest BCUT2D eigenvalue weighted by Crippen LogP contribution is 2.46. The van der Waals surface area contributed by atoms with Crippen LogP contribution in [0.5, 0.6) is 5.75 Å². The molecule has 0 radical (unpaired) electrons. The van der Waals surface area contributed by atoms with Crippen LogP contribution in [0.25, 0.3) is 58.3 Å². The normalized spacial score (nSPS) is 12.5. The molecule has 3 heterocycles. The summed E-state index contributed by atoms with van der Waals surface area (Å²) < 4.78 is 9.22. The van der Waals surface area contributed by atoms with Crippen LogP contribution in [0.15, 0.2) is 66.7 Å². The van der Waals surface area contributed by atoms with Crippen molar-refractivity contribution < 1.29 is 4.74 Å². The van der Waals surface area contributed by atoms with Gasteiger partial charge in [-0.25, -0.2) is 0 Å². The fourth-order valence-corrected chi connectivity index (χ4v) is 6.22. The standard InChI is InChI=1S/C26H17NOS/c1-14-6-7-15-11-21-18-4-3-5-20-24-19-9-8-17(28-2)13-23(19)29-26(24)27(25(18)20)22(21)12-16(15)10-14/h3-13H,1-2H3. The molecule has 0 aliphatic rings. The Morgan fingerprint density at radius 3 is 2.59 bits per heavy atom. The van der Waals surface area contributed by atoms with Gasteiger partial charge in [0.1, 0.15) is 10.6 Å².